The number of morpholine rings is 1. The molecule has 6 nitrogen and oxygen atoms in total. The van der Waals surface area contributed by atoms with Gasteiger partial charge in [0.15, 0.2) is 0 Å². The number of amides is 2. The van der Waals surface area contributed by atoms with Crippen molar-refractivity contribution in [3.8, 4) is 0 Å². The van der Waals surface area contributed by atoms with Crippen molar-refractivity contribution in [2.24, 2.45) is 0 Å². The van der Waals surface area contributed by atoms with Gasteiger partial charge in [0, 0.05) is 25.4 Å². The number of hydrogen-bond acceptors (Lipinski definition) is 4. The summed E-state index contributed by atoms with van der Waals surface area (Å²) in [6.45, 7) is 8.13. The molecule has 0 bridgehead atoms. The van der Waals surface area contributed by atoms with Crippen LogP contribution < -0.4 is 5.32 Å². The lowest BCUT2D eigenvalue weighted by Gasteiger charge is -2.31. The largest absolute Gasteiger partial charge is 0.379 e. The third-order valence-electron chi connectivity index (χ3n) is 3.55. The zero-order valence-corrected chi connectivity index (χ0v) is 13.9. The Morgan fingerprint density at radius 3 is 3.00 bits per heavy atom. The normalized spacial score (nSPS) is 18.0. The summed E-state index contributed by atoms with van der Waals surface area (Å²) in [7, 11) is 0. The Kier molecular flexibility index (Phi) is 7.32. The molecule has 1 aliphatic rings. The van der Waals surface area contributed by atoms with Crippen LogP contribution in [0.2, 0.25) is 0 Å². The van der Waals surface area contributed by atoms with E-state index in [9.17, 15) is 4.79 Å². The van der Waals surface area contributed by atoms with Crippen molar-refractivity contribution >= 4 is 11.7 Å². The van der Waals surface area contributed by atoms with Gasteiger partial charge in [0.05, 0.1) is 32.5 Å². The quantitative estimate of drug-likeness (QED) is 0.784. The molecule has 6 heteroatoms. The van der Waals surface area contributed by atoms with Crippen LogP contribution in [0, 0.1) is 0 Å². The molecular weight excluding hydrogens is 296 g/mol. The molecule has 1 heterocycles. The van der Waals surface area contributed by atoms with Gasteiger partial charge in [-0.1, -0.05) is 12.1 Å². The van der Waals surface area contributed by atoms with Crippen molar-refractivity contribution in [1.82, 2.24) is 4.90 Å². The lowest BCUT2D eigenvalue weighted by Crippen LogP contribution is -2.46. The fourth-order valence-electron chi connectivity index (χ4n) is 2.40. The van der Waals surface area contributed by atoms with Gasteiger partial charge in [-0.15, -0.1) is 0 Å². The number of nitrogens with one attached hydrogen (secondary N) is 1. The average molecular weight is 322 g/mol. The van der Waals surface area contributed by atoms with E-state index in [-0.39, 0.29) is 12.1 Å². The molecule has 0 aliphatic carbocycles. The first-order valence-corrected chi connectivity index (χ1v) is 8.11. The summed E-state index contributed by atoms with van der Waals surface area (Å²) in [6, 6.07) is 7.62. The second kappa shape index (κ2) is 9.50. The molecule has 1 aromatic carbocycles. The van der Waals surface area contributed by atoms with Gasteiger partial charge in [-0.3, -0.25) is 0 Å². The number of anilines is 1. The maximum Gasteiger partial charge on any atom is 0.322 e. The van der Waals surface area contributed by atoms with Crippen LogP contribution in [0.4, 0.5) is 10.5 Å². The molecule has 128 valence electrons. The van der Waals surface area contributed by atoms with Crippen LogP contribution in [0.25, 0.3) is 0 Å². The highest BCUT2D eigenvalue weighted by molar-refractivity contribution is 5.89. The number of urea groups is 1. The molecule has 2 rings (SSSR count). The maximum atomic E-state index is 12.3. The highest BCUT2D eigenvalue weighted by Crippen LogP contribution is 2.13. The summed E-state index contributed by atoms with van der Waals surface area (Å²) in [5, 5.41) is 2.93. The van der Waals surface area contributed by atoms with Gasteiger partial charge in [-0.05, 0) is 31.5 Å². The average Bonchev–Trinajstić information content (AvgIpc) is 2.55. The Morgan fingerprint density at radius 2 is 2.22 bits per heavy atom. The third-order valence-corrected chi connectivity index (χ3v) is 3.55. The van der Waals surface area contributed by atoms with Gasteiger partial charge in [0.25, 0.3) is 0 Å². The van der Waals surface area contributed by atoms with Crippen LogP contribution >= 0.6 is 0 Å². The highest BCUT2D eigenvalue weighted by atomic mass is 16.5. The van der Waals surface area contributed by atoms with Gasteiger partial charge in [0.1, 0.15) is 0 Å². The Hall–Kier alpha value is -1.63. The van der Waals surface area contributed by atoms with Crippen molar-refractivity contribution < 1.29 is 19.0 Å². The third kappa shape index (κ3) is 6.17. The van der Waals surface area contributed by atoms with E-state index < -0.39 is 0 Å². The van der Waals surface area contributed by atoms with E-state index in [1.165, 1.54) is 0 Å². The molecular formula is C17H26N2O4. The van der Waals surface area contributed by atoms with Crippen molar-refractivity contribution in [1.29, 1.82) is 0 Å². The number of carbonyl (C=O) groups excluding carboxylic acids is 1. The highest BCUT2D eigenvalue weighted by Gasteiger charge is 2.21. The molecule has 1 atom stereocenters. The number of rotatable bonds is 7. The minimum absolute atomic E-state index is 0.0829. The SMILES string of the molecule is CCOCCOCc1cccc(NC(=O)N2CCO[C@@H](C)C2)c1. The molecule has 1 fully saturated rings. The summed E-state index contributed by atoms with van der Waals surface area (Å²) in [5.74, 6) is 0. The zero-order valence-electron chi connectivity index (χ0n) is 13.9. The Bertz CT molecular complexity index is 495. The summed E-state index contributed by atoms with van der Waals surface area (Å²) in [5.41, 5.74) is 1.80. The Labute approximate surface area is 137 Å². The van der Waals surface area contributed by atoms with Gasteiger partial charge >= 0.3 is 6.03 Å². The fourth-order valence-corrected chi connectivity index (χ4v) is 2.40. The zero-order chi connectivity index (χ0) is 16.5. The van der Waals surface area contributed by atoms with Crippen LogP contribution in [-0.2, 0) is 20.8 Å². The lowest BCUT2D eigenvalue weighted by molar-refractivity contribution is -0.00138. The van der Waals surface area contributed by atoms with Gasteiger partial charge in [0.2, 0.25) is 0 Å². The number of hydrogen-bond donors (Lipinski definition) is 1. The van der Waals surface area contributed by atoms with Crippen molar-refractivity contribution in [3.63, 3.8) is 0 Å². The minimum Gasteiger partial charge on any atom is -0.379 e. The molecule has 0 aromatic heterocycles. The van der Waals surface area contributed by atoms with Crippen molar-refractivity contribution in [2.45, 2.75) is 26.6 Å². The lowest BCUT2D eigenvalue weighted by atomic mass is 10.2. The number of benzene rings is 1. The van der Waals surface area contributed by atoms with E-state index in [0.29, 0.717) is 46.1 Å². The van der Waals surface area contributed by atoms with E-state index in [1.54, 1.807) is 4.90 Å². The summed E-state index contributed by atoms with van der Waals surface area (Å²) in [6.07, 6.45) is 0.0829. The minimum atomic E-state index is -0.0884. The standard InChI is InChI=1S/C17H26N2O4/c1-3-21-9-10-22-13-15-5-4-6-16(11-15)18-17(20)19-7-8-23-14(2)12-19/h4-6,11,14H,3,7-10,12-13H2,1-2H3,(H,18,20)/t14-/m0/s1. The monoisotopic (exact) mass is 322 g/mol. The maximum absolute atomic E-state index is 12.3. The molecule has 0 unspecified atom stereocenters. The Morgan fingerprint density at radius 1 is 1.39 bits per heavy atom. The predicted molar refractivity (Wildman–Crippen MR) is 88.6 cm³/mol. The number of ether oxygens (including phenoxy) is 3. The number of carbonyl (C=O) groups is 1. The van der Waals surface area contributed by atoms with Gasteiger partial charge in [-0.2, -0.15) is 0 Å². The second-order valence-electron chi connectivity index (χ2n) is 5.51. The van der Waals surface area contributed by atoms with Gasteiger partial charge in [-0.25, -0.2) is 4.79 Å². The summed E-state index contributed by atoms with van der Waals surface area (Å²) in [4.78, 5) is 14.0. The van der Waals surface area contributed by atoms with Crippen molar-refractivity contribution in [2.75, 3.05) is 44.8 Å². The van der Waals surface area contributed by atoms with E-state index in [1.807, 2.05) is 38.1 Å². The molecule has 23 heavy (non-hydrogen) atoms. The van der Waals surface area contributed by atoms with E-state index >= 15 is 0 Å². The second-order valence-corrected chi connectivity index (χ2v) is 5.51. The van der Waals surface area contributed by atoms with Gasteiger partial charge < -0.3 is 24.4 Å². The van der Waals surface area contributed by atoms with Crippen LogP contribution in [-0.4, -0.2) is 56.6 Å². The Balaban J connectivity index is 1.80. The van der Waals surface area contributed by atoms with E-state index in [0.717, 1.165) is 11.3 Å². The molecule has 2 amide bonds. The fraction of sp³-hybridized carbons (Fsp3) is 0.588. The molecule has 0 radical (unpaired) electrons. The molecule has 0 saturated carbocycles. The molecule has 1 saturated heterocycles. The molecule has 1 aliphatic heterocycles. The predicted octanol–water partition coefficient (Wildman–Crippen LogP) is 2.49. The molecule has 1 aromatic rings. The van der Waals surface area contributed by atoms with Crippen molar-refractivity contribution in [3.05, 3.63) is 29.8 Å². The first-order chi connectivity index (χ1) is 11.2. The summed E-state index contributed by atoms with van der Waals surface area (Å²) < 4.78 is 16.2. The first kappa shape index (κ1) is 17.7. The van der Waals surface area contributed by atoms with Crippen LogP contribution in [0.15, 0.2) is 24.3 Å². The van der Waals surface area contributed by atoms with E-state index in [2.05, 4.69) is 5.32 Å². The van der Waals surface area contributed by atoms with Crippen LogP contribution in [0.1, 0.15) is 19.4 Å². The molecule has 0 spiro atoms. The molecule has 1 N–H and O–H groups in total. The number of nitrogens with zero attached hydrogens (tertiary/aromatic N) is 1. The van der Waals surface area contributed by atoms with E-state index in [4.69, 9.17) is 14.2 Å². The summed E-state index contributed by atoms with van der Waals surface area (Å²) >= 11 is 0. The topological polar surface area (TPSA) is 60.0 Å². The smallest absolute Gasteiger partial charge is 0.322 e. The first-order valence-electron chi connectivity index (χ1n) is 8.11. The van der Waals surface area contributed by atoms with Crippen LogP contribution in [0.5, 0.6) is 0 Å². The van der Waals surface area contributed by atoms with Crippen LogP contribution in [0.3, 0.4) is 0 Å².